The first-order valence-electron chi connectivity index (χ1n) is 4.10. The highest BCUT2D eigenvalue weighted by molar-refractivity contribution is 5.91. The first-order chi connectivity index (χ1) is 6.68. The van der Waals surface area contributed by atoms with Gasteiger partial charge in [0.15, 0.2) is 0 Å². The minimum atomic E-state index is -0.876. The van der Waals surface area contributed by atoms with E-state index in [1.807, 2.05) is 0 Å². The third kappa shape index (κ3) is 1.28. The molecular weight excluding hydrogens is 182 g/mol. The molecule has 5 nitrogen and oxygen atoms in total. The summed E-state index contributed by atoms with van der Waals surface area (Å²) in [6.45, 7) is 0. The minimum Gasteiger partial charge on any atom is -0.481 e. The number of imidazole rings is 1. The van der Waals surface area contributed by atoms with Gasteiger partial charge in [-0.05, 0) is 11.6 Å². The fourth-order valence-electron chi connectivity index (χ4n) is 1.42. The van der Waals surface area contributed by atoms with Gasteiger partial charge in [0.25, 0.3) is 0 Å². The van der Waals surface area contributed by atoms with Crippen LogP contribution in [0, 0.1) is 0 Å². The quantitative estimate of drug-likeness (QED) is 0.611. The third-order valence-electron chi connectivity index (χ3n) is 2.04. The standard InChI is InChI=1S/C9H9N3O2/c10-6-2-1-5(3-7(13)14)8-9(6)12-4-11-8/h1-2,4H,3,10H2,(H,11,12)(H,13,14). The molecule has 72 valence electrons. The van der Waals surface area contributed by atoms with Crippen LogP contribution < -0.4 is 5.73 Å². The van der Waals surface area contributed by atoms with Gasteiger partial charge in [-0.25, -0.2) is 4.98 Å². The number of aromatic amines is 1. The molecule has 0 amide bonds. The number of aromatic nitrogens is 2. The summed E-state index contributed by atoms with van der Waals surface area (Å²) < 4.78 is 0. The second kappa shape index (κ2) is 3.02. The van der Waals surface area contributed by atoms with Crippen LogP contribution in [0.1, 0.15) is 5.56 Å². The van der Waals surface area contributed by atoms with Crippen molar-refractivity contribution in [2.24, 2.45) is 0 Å². The monoisotopic (exact) mass is 191 g/mol. The van der Waals surface area contributed by atoms with E-state index in [4.69, 9.17) is 10.8 Å². The zero-order valence-corrected chi connectivity index (χ0v) is 7.32. The van der Waals surface area contributed by atoms with Gasteiger partial charge in [0.05, 0.1) is 29.5 Å². The number of nitrogens with one attached hydrogen (secondary N) is 1. The maximum Gasteiger partial charge on any atom is 0.307 e. The lowest BCUT2D eigenvalue weighted by atomic mass is 10.1. The largest absolute Gasteiger partial charge is 0.481 e. The van der Waals surface area contributed by atoms with Crippen molar-refractivity contribution >= 4 is 22.7 Å². The third-order valence-corrected chi connectivity index (χ3v) is 2.04. The van der Waals surface area contributed by atoms with Crippen LogP contribution in [0.4, 0.5) is 5.69 Å². The molecular formula is C9H9N3O2. The number of benzene rings is 1. The Morgan fingerprint density at radius 3 is 3.07 bits per heavy atom. The van der Waals surface area contributed by atoms with Gasteiger partial charge in [-0.15, -0.1) is 0 Å². The predicted molar refractivity (Wildman–Crippen MR) is 51.8 cm³/mol. The molecule has 0 unspecified atom stereocenters. The molecule has 2 aromatic rings. The van der Waals surface area contributed by atoms with Crippen LogP contribution in [0.25, 0.3) is 11.0 Å². The molecule has 0 saturated heterocycles. The molecule has 0 aliphatic carbocycles. The summed E-state index contributed by atoms with van der Waals surface area (Å²) in [6, 6.07) is 3.37. The number of carboxylic acid groups (broad SMARTS) is 1. The van der Waals surface area contributed by atoms with E-state index in [1.54, 1.807) is 12.1 Å². The lowest BCUT2D eigenvalue weighted by Gasteiger charge is -2.00. The van der Waals surface area contributed by atoms with Crippen LogP contribution in [0.3, 0.4) is 0 Å². The van der Waals surface area contributed by atoms with Gasteiger partial charge in [-0.2, -0.15) is 0 Å². The highest BCUT2D eigenvalue weighted by atomic mass is 16.4. The van der Waals surface area contributed by atoms with Gasteiger partial charge in [-0.3, -0.25) is 4.79 Å². The lowest BCUT2D eigenvalue weighted by Crippen LogP contribution is -2.01. The molecule has 0 radical (unpaired) electrons. The molecule has 2 rings (SSSR count). The molecule has 0 atom stereocenters. The Bertz CT molecular complexity index is 490. The van der Waals surface area contributed by atoms with Crippen LogP contribution in [0.2, 0.25) is 0 Å². The van der Waals surface area contributed by atoms with Crippen molar-refractivity contribution in [1.29, 1.82) is 0 Å². The van der Waals surface area contributed by atoms with Gasteiger partial charge in [0.1, 0.15) is 0 Å². The molecule has 0 fully saturated rings. The molecule has 1 aromatic heterocycles. The van der Waals surface area contributed by atoms with Crippen LogP contribution in [-0.4, -0.2) is 21.0 Å². The van der Waals surface area contributed by atoms with Gasteiger partial charge in [0, 0.05) is 0 Å². The van der Waals surface area contributed by atoms with Crippen molar-refractivity contribution < 1.29 is 9.90 Å². The summed E-state index contributed by atoms with van der Waals surface area (Å²) in [5.41, 5.74) is 8.26. The Morgan fingerprint density at radius 1 is 1.57 bits per heavy atom. The number of H-pyrrole nitrogens is 1. The van der Waals surface area contributed by atoms with Crippen molar-refractivity contribution in [3.8, 4) is 0 Å². The smallest absolute Gasteiger partial charge is 0.307 e. The number of aliphatic carboxylic acids is 1. The zero-order valence-electron chi connectivity index (χ0n) is 7.32. The highest BCUT2D eigenvalue weighted by Gasteiger charge is 2.09. The van der Waals surface area contributed by atoms with E-state index in [-0.39, 0.29) is 6.42 Å². The topological polar surface area (TPSA) is 92.0 Å². The van der Waals surface area contributed by atoms with E-state index in [1.165, 1.54) is 6.33 Å². The Labute approximate surface area is 79.6 Å². The number of anilines is 1. The lowest BCUT2D eigenvalue weighted by molar-refractivity contribution is -0.136. The number of fused-ring (bicyclic) bond motifs is 1. The SMILES string of the molecule is Nc1ccc(CC(=O)O)c2nc[nH]c12. The second-order valence-corrected chi connectivity index (χ2v) is 3.01. The van der Waals surface area contributed by atoms with Crippen LogP contribution in [-0.2, 0) is 11.2 Å². The molecule has 0 saturated carbocycles. The Balaban J connectivity index is 2.60. The number of rotatable bonds is 2. The molecule has 4 N–H and O–H groups in total. The number of nitrogens with two attached hydrogens (primary N) is 1. The molecule has 0 aliphatic rings. The Kier molecular flexibility index (Phi) is 1.85. The normalized spacial score (nSPS) is 10.6. The van der Waals surface area contributed by atoms with Crippen molar-refractivity contribution in [2.45, 2.75) is 6.42 Å². The van der Waals surface area contributed by atoms with E-state index in [0.717, 1.165) is 0 Å². The predicted octanol–water partition coefficient (Wildman–Crippen LogP) is 0.772. The Hall–Kier alpha value is -2.04. The van der Waals surface area contributed by atoms with Gasteiger partial charge < -0.3 is 15.8 Å². The highest BCUT2D eigenvalue weighted by Crippen LogP contribution is 2.21. The van der Waals surface area contributed by atoms with Crippen molar-refractivity contribution in [3.63, 3.8) is 0 Å². The molecule has 1 aromatic carbocycles. The summed E-state index contributed by atoms with van der Waals surface area (Å²) in [4.78, 5) is 17.5. The van der Waals surface area contributed by atoms with Gasteiger partial charge in [-0.1, -0.05) is 6.07 Å². The first kappa shape index (κ1) is 8.55. The number of carboxylic acids is 1. The number of carbonyl (C=O) groups is 1. The molecule has 14 heavy (non-hydrogen) atoms. The van der Waals surface area contributed by atoms with Gasteiger partial charge in [0.2, 0.25) is 0 Å². The number of hydrogen-bond acceptors (Lipinski definition) is 3. The molecule has 0 spiro atoms. The first-order valence-corrected chi connectivity index (χ1v) is 4.10. The molecule has 0 bridgehead atoms. The number of nitrogen functional groups attached to an aromatic ring is 1. The average molecular weight is 191 g/mol. The second-order valence-electron chi connectivity index (χ2n) is 3.01. The fraction of sp³-hybridized carbons (Fsp3) is 0.111. The van der Waals surface area contributed by atoms with Gasteiger partial charge >= 0.3 is 5.97 Å². The van der Waals surface area contributed by atoms with E-state index >= 15 is 0 Å². The van der Waals surface area contributed by atoms with Crippen molar-refractivity contribution in [1.82, 2.24) is 9.97 Å². The van der Waals surface area contributed by atoms with E-state index < -0.39 is 5.97 Å². The minimum absolute atomic E-state index is 0.0400. The summed E-state index contributed by atoms with van der Waals surface area (Å²) in [7, 11) is 0. The van der Waals surface area contributed by atoms with Crippen LogP contribution in [0.5, 0.6) is 0 Å². The van der Waals surface area contributed by atoms with Crippen molar-refractivity contribution in [2.75, 3.05) is 5.73 Å². The average Bonchev–Trinajstić information content (AvgIpc) is 2.58. The summed E-state index contributed by atoms with van der Waals surface area (Å²) >= 11 is 0. The van der Waals surface area contributed by atoms with E-state index in [0.29, 0.717) is 22.3 Å². The van der Waals surface area contributed by atoms with E-state index in [9.17, 15) is 4.79 Å². The molecule has 5 heteroatoms. The van der Waals surface area contributed by atoms with Crippen molar-refractivity contribution in [3.05, 3.63) is 24.0 Å². The maximum atomic E-state index is 10.5. The number of hydrogen-bond donors (Lipinski definition) is 3. The summed E-state index contributed by atoms with van der Waals surface area (Å²) in [5, 5.41) is 8.66. The summed E-state index contributed by atoms with van der Waals surface area (Å²) in [5.74, 6) is -0.876. The molecule has 0 aliphatic heterocycles. The van der Waals surface area contributed by atoms with Crippen LogP contribution >= 0.6 is 0 Å². The zero-order chi connectivity index (χ0) is 10.1. The fourth-order valence-corrected chi connectivity index (χ4v) is 1.42. The Morgan fingerprint density at radius 2 is 2.36 bits per heavy atom. The van der Waals surface area contributed by atoms with Crippen LogP contribution in [0.15, 0.2) is 18.5 Å². The molecule has 1 heterocycles. The summed E-state index contributed by atoms with van der Waals surface area (Å²) in [6.07, 6.45) is 1.47. The van der Waals surface area contributed by atoms with E-state index in [2.05, 4.69) is 9.97 Å². The maximum absolute atomic E-state index is 10.5. The number of nitrogens with zero attached hydrogens (tertiary/aromatic N) is 1.